The number of hydrogen-bond acceptors (Lipinski definition) is 2. The number of thioether (sulfide) groups is 1. The van der Waals surface area contributed by atoms with Crippen molar-refractivity contribution in [3.8, 4) is 0 Å². The van der Waals surface area contributed by atoms with E-state index in [1.807, 2.05) is 35.7 Å². The topological polar surface area (TPSA) is 17.1 Å². The zero-order valence-electron chi connectivity index (χ0n) is 6.49. The molecule has 1 aromatic carbocycles. The molecule has 0 saturated carbocycles. The fraction of sp³-hybridized carbons (Fsp3) is 0.100. The second-order valence-electron chi connectivity index (χ2n) is 2.68. The summed E-state index contributed by atoms with van der Waals surface area (Å²) in [5, 5.41) is 2.19. The molecular weight excluding hydrogens is 168 g/mol. The van der Waals surface area contributed by atoms with Crippen molar-refractivity contribution in [2.45, 2.75) is 6.42 Å². The molecule has 0 spiro atoms. The molecule has 12 heavy (non-hydrogen) atoms. The van der Waals surface area contributed by atoms with Crippen molar-refractivity contribution in [2.24, 2.45) is 0 Å². The molecule has 0 bridgehead atoms. The van der Waals surface area contributed by atoms with Crippen LogP contribution in [0.15, 0.2) is 35.7 Å². The molecule has 1 aliphatic heterocycles. The number of benzene rings is 1. The second-order valence-corrected chi connectivity index (χ2v) is 3.60. The summed E-state index contributed by atoms with van der Waals surface area (Å²) >= 11 is 1.30. The first-order valence-corrected chi connectivity index (χ1v) is 4.68. The van der Waals surface area contributed by atoms with Crippen LogP contribution in [0.3, 0.4) is 0 Å². The molecule has 0 aromatic heterocycles. The smallest absolute Gasteiger partial charge is 0.197 e. The molecule has 1 heterocycles. The number of rotatable bonds is 1. The Hall–Kier alpha value is -1.02. The van der Waals surface area contributed by atoms with Gasteiger partial charge in [-0.1, -0.05) is 42.1 Å². The summed E-state index contributed by atoms with van der Waals surface area (Å²) in [5.74, 6) is 0. The molecule has 1 nitrogen and oxygen atoms in total. The fourth-order valence-corrected chi connectivity index (χ4v) is 1.93. The minimum absolute atomic E-state index is 0.244. The lowest BCUT2D eigenvalue weighted by molar-refractivity contribution is -0.109. The highest BCUT2D eigenvalue weighted by Crippen LogP contribution is 2.30. The summed E-state index contributed by atoms with van der Waals surface area (Å²) in [6, 6.07) is 10.0. The molecule has 1 aromatic rings. The van der Waals surface area contributed by atoms with Gasteiger partial charge in [-0.25, -0.2) is 0 Å². The van der Waals surface area contributed by atoms with E-state index in [4.69, 9.17) is 0 Å². The second kappa shape index (κ2) is 3.15. The molecule has 0 atom stereocenters. The van der Waals surface area contributed by atoms with Crippen molar-refractivity contribution >= 4 is 22.5 Å². The monoisotopic (exact) mass is 176 g/mol. The zero-order valence-corrected chi connectivity index (χ0v) is 7.30. The molecule has 0 N–H and O–H groups in total. The fourth-order valence-electron chi connectivity index (χ4n) is 1.20. The van der Waals surface area contributed by atoms with E-state index in [2.05, 4.69) is 0 Å². The first-order chi connectivity index (χ1) is 5.86. The molecule has 0 unspecified atom stereocenters. The lowest BCUT2D eigenvalue weighted by Crippen LogP contribution is -1.85. The van der Waals surface area contributed by atoms with Gasteiger partial charge >= 0.3 is 0 Å². The van der Waals surface area contributed by atoms with Crippen molar-refractivity contribution in [2.75, 3.05) is 0 Å². The Morgan fingerprint density at radius 1 is 1.17 bits per heavy atom. The number of allylic oxidation sites excluding steroid dienone is 1. The van der Waals surface area contributed by atoms with Crippen molar-refractivity contribution in [3.05, 3.63) is 41.3 Å². The third-order valence-electron chi connectivity index (χ3n) is 1.81. The molecule has 0 aliphatic carbocycles. The van der Waals surface area contributed by atoms with E-state index in [-0.39, 0.29) is 5.12 Å². The van der Waals surface area contributed by atoms with E-state index < -0.39 is 0 Å². The van der Waals surface area contributed by atoms with Crippen LogP contribution in [-0.2, 0) is 4.79 Å². The molecular formula is C10H8OS. The molecule has 2 rings (SSSR count). The molecule has 2 heteroatoms. The van der Waals surface area contributed by atoms with Gasteiger partial charge in [0, 0.05) is 6.42 Å². The first kappa shape index (κ1) is 7.62. The highest BCUT2D eigenvalue weighted by molar-refractivity contribution is 8.16. The molecule has 0 radical (unpaired) electrons. The molecule has 60 valence electrons. The highest BCUT2D eigenvalue weighted by atomic mass is 32.2. The summed E-state index contributed by atoms with van der Waals surface area (Å²) < 4.78 is 0. The van der Waals surface area contributed by atoms with Crippen LogP contribution < -0.4 is 0 Å². The van der Waals surface area contributed by atoms with Crippen LogP contribution in [0.25, 0.3) is 5.57 Å². The van der Waals surface area contributed by atoms with Gasteiger partial charge in [-0.05, 0) is 16.5 Å². The van der Waals surface area contributed by atoms with E-state index in [0.717, 1.165) is 11.1 Å². The van der Waals surface area contributed by atoms with Crippen LogP contribution in [0.5, 0.6) is 0 Å². The van der Waals surface area contributed by atoms with Crippen LogP contribution in [0, 0.1) is 0 Å². The average molecular weight is 176 g/mol. The predicted octanol–water partition coefficient (Wildman–Crippen LogP) is 2.69. The van der Waals surface area contributed by atoms with Crippen LogP contribution in [0.2, 0.25) is 0 Å². The third kappa shape index (κ3) is 1.43. The minimum Gasteiger partial charge on any atom is -0.286 e. The summed E-state index contributed by atoms with van der Waals surface area (Å²) in [5.41, 5.74) is 2.31. The minimum atomic E-state index is 0.244. The van der Waals surface area contributed by atoms with Gasteiger partial charge in [0.05, 0.1) is 0 Å². The van der Waals surface area contributed by atoms with E-state index >= 15 is 0 Å². The Morgan fingerprint density at radius 3 is 2.50 bits per heavy atom. The van der Waals surface area contributed by atoms with E-state index in [9.17, 15) is 4.79 Å². The number of hydrogen-bond donors (Lipinski definition) is 0. The Balaban J connectivity index is 2.28. The van der Waals surface area contributed by atoms with Crippen LogP contribution in [0.4, 0.5) is 0 Å². The molecule has 0 amide bonds. The van der Waals surface area contributed by atoms with E-state index in [1.54, 1.807) is 0 Å². The van der Waals surface area contributed by atoms with Crippen molar-refractivity contribution < 1.29 is 4.79 Å². The largest absolute Gasteiger partial charge is 0.286 e. The molecule has 0 fully saturated rings. The highest BCUT2D eigenvalue weighted by Gasteiger charge is 2.14. The predicted molar refractivity (Wildman–Crippen MR) is 51.6 cm³/mol. The summed E-state index contributed by atoms with van der Waals surface area (Å²) in [6.07, 6.45) is 0.578. The SMILES string of the molecule is O=C1CC(c2ccccc2)=CS1. The Kier molecular flexibility index (Phi) is 2.00. The van der Waals surface area contributed by atoms with Gasteiger partial charge in [-0.2, -0.15) is 0 Å². The Bertz CT molecular complexity index is 327. The lowest BCUT2D eigenvalue weighted by atomic mass is 10.1. The van der Waals surface area contributed by atoms with Crippen molar-refractivity contribution in [1.82, 2.24) is 0 Å². The van der Waals surface area contributed by atoms with Gasteiger partial charge in [0.2, 0.25) is 0 Å². The van der Waals surface area contributed by atoms with Gasteiger partial charge in [-0.3, -0.25) is 4.79 Å². The quantitative estimate of drug-likeness (QED) is 0.654. The van der Waals surface area contributed by atoms with E-state index in [1.165, 1.54) is 11.8 Å². The zero-order chi connectivity index (χ0) is 8.39. The summed E-state index contributed by atoms with van der Waals surface area (Å²) in [6.45, 7) is 0. The summed E-state index contributed by atoms with van der Waals surface area (Å²) in [7, 11) is 0. The molecule has 1 aliphatic rings. The Morgan fingerprint density at radius 2 is 1.92 bits per heavy atom. The third-order valence-corrected chi connectivity index (χ3v) is 2.62. The number of carbonyl (C=O) groups is 1. The average Bonchev–Trinajstić information content (AvgIpc) is 2.54. The standard InChI is InChI=1S/C10H8OS/c11-10-6-9(7-12-10)8-4-2-1-3-5-8/h1-5,7H,6H2. The van der Waals surface area contributed by atoms with Gasteiger partial charge < -0.3 is 0 Å². The maximum Gasteiger partial charge on any atom is 0.197 e. The van der Waals surface area contributed by atoms with Crippen molar-refractivity contribution in [3.63, 3.8) is 0 Å². The molecule has 0 saturated heterocycles. The van der Waals surface area contributed by atoms with E-state index in [0.29, 0.717) is 6.42 Å². The van der Waals surface area contributed by atoms with Gasteiger partial charge in [-0.15, -0.1) is 0 Å². The van der Waals surface area contributed by atoms with Gasteiger partial charge in [0.1, 0.15) is 0 Å². The van der Waals surface area contributed by atoms with Crippen LogP contribution in [-0.4, -0.2) is 5.12 Å². The van der Waals surface area contributed by atoms with Crippen molar-refractivity contribution in [1.29, 1.82) is 0 Å². The van der Waals surface area contributed by atoms with Gasteiger partial charge in [0.25, 0.3) is 0 Å². The number of carbonyl (C=O) groups excluding carboxylic acids is 1. The van der Waals surface area contributed by atoms with Gasteiger partial charge in [0.15, 0.2) is 5.12 Å². The Labute approximate surface area is 75.5 Å². The summed E-state index contributed by atoms with van der Waals surface area (Å²) in [4.78, 5) is 10.9. The normalized spacial score (nSPS) is 16.3. The maximum absolute atomic E-state index is 10.9. The van der Waals surface area contributed by atoms with Crippen LogP contribution >= 0.6 is 11.8 Å². The lowest BCUT2D eigenvalue weighted by Gasteiger charge is -1.97. The maximum atomic E-state index is 10.9. The van der Waals surface area contributed by atoms with Crippen LogP contribution in [0.1, 0.15) is 12.0 Å². The first-order valence-electron chi connectivity index (χ1n) is 3.80.